The van der Waals surface area contributed by atoms with Crippen LogP contribution in [0.15, 0.2) is 60.8 Å². The molecule has 0 aliphatic rings. The second-order valence-corrected chi connectivity index (χ2v) is 23.8. The highest BCUT2D eigenvalue weighted by atomic mass is 31.2. The number of carbonyl (C=O) groups is 2. The Hall–Kier alpha value is -2.29. The molecule has 0 aliphatic carbocycles. The number of phosphoric acid groups is 1. The van der Waals surface area contributed by atoms with E-state index in [2.05, 4.69) is 74.6 Å². The first-order valence-electron chi connectivity index (χ1n) is 33.3. The van der Waals surface area contributed by atoms with Crippen LogP contribution in [-0.4, -0.2) is 49.3 Å². The van der Waals surface area contributed by atoms with Gasteiger partial charge in [0.05, 0.1) is 13.2 Å². The molecule has 2 unspecified atom stereocenters. The van der Waals surface area contributed by atoms with E-state index >= 15 is 0 Å². The molecule has 0 heterocycles. The van der Waals surface area contributed by atoms with Crippen LogP contribution in [-0.2, 0) is 32.7 Å². The summed E-state index contributed by atoms with van der Waals surface area (Å²) in [5.74, 6) is -0.822. The minimum atomic E-state index is -4.39. The molecule has 0 fully saturated rings. The van der Waals surface area contributed by atoms with Gasteiger partial charge in [-0.2, -0.15) is 0 Å². The average molecular weight is 1120 g/mol. The van der Waals surface area contributed by atoms with E-state index < -0.39 is 26.5 Å². The summed E-state index contributed by atoms with van der Waals surface area (Å²) in [4.78, 5) is 35.2. The highest BCUT2D eigenvalue weighted by Crippen LogP contribution is 2.43. The van der Waals surface area contributed by atoms with Crippen molar-refractivity contribution in [1.29, 1.82) is 0 Å². The molecule has 0 rings (SSSR count). The molecule has 0 bridgehead atoms. The Balaban J connectivity index is 3.74. The number of nitrogens with two attached hydrogens (primary N) is 1. The Morgan fingerprint density at radius 1 is 0.397 bits per heavy atom. The molecule has 9 nitrogen and oxygen atoms in total. The van der Waals surface area contributed by atoms with Crippen molar-refractivity contribution in [1.82, 2.24) is 0 Å². The van der Waals surface area contributed by atoms with Gasteiger partial charge in [-0.1, -0.05) is 299 Å². The highest BCUT2D eigenvalue weighted by Gasteiger charge is 2.26. The van der Waals surface area contributed by atoms with E-state index in [1.54, 1.807) is 0 Å². The van der Waals surface area contributed by atoms with Crippen molar-refractivity contribution < 1.29 is 37.6 Å². The van der Waals surface area contributed by atoms with Crippen molar-refractivity contribution in [3.8, 4) is 0 Å². The zero-order valence-electron chi connectivity index (χ0n) is 51.2. The second kappa shape index (κ2) is 63.9. The molecular weight excluding hydrogens is 990 g/mol. The van der Waals surface area contributed by atoms with Gasteiger partial charge in [0.15, 0.2) is 6.10 Å². The molecule has 456 valence electrons. The molecule has 0 saturated heterocycles. The Morgan fingerprint density at radius 3 is 1.06 bits per heavy atom. The van der Waals surface area contributed by atoms with Crippen molar-refractivity contribution in [2.75, 3.05) is 26.4 Å². The van der Waals surface area contributed by atoms with Crippen LogP contribution < -0.4 is 5.73 Å². The monoisotopic (exact) mass is 1120 g/mol. The van der Waals surface area contributed by atoms with Gasteiger partial charge in [0.1, 0.15) is 6.61 Å². The lowest BCUT2D eigenvalue weighted by atomic mass is 10.0. The fourth-order valence-corrected chi connectivity index (χ4v) is 10.5. The minimum Gasteiger partial charge on any atom is -0.462 e. The van der Waals surface area contributed by atoms with Gasteiger partial charge < -0.3 is 20.1 Å². The van der Waals surface area contributed by atoms with Crippen LogP contribution >= 0.6 is 7.82 Å². The van der Waals surface area contributed by atoms with Gasteiger partial charge in [0.25, 0.3) is 0 Å². The van der Waals surface area contributed by atoms with Crippen LogP contribution in [0, 0.1) is 0 Å². The summed E-state index contributed by atoms with van der Waals surface area (Å²) in [7, 11) is -4.39. The largest absolute Gasteiger partial charge is 0.472 e. The number of unbranched alkanes of at least 4 members (excludes halogenated alkanes) is 40. The molecule has 78 heavy (non-hydrogen) atoms. The molecule has 0 aromatic heterocycles. The van der Waals surface area contributed by atoms with Crippen molar-refractivity contribution in [3.05, 3.63) is 60.8 Å². The smallest absolute Gasteiger partial charge is 0.462 e. The van der Waals surface area contributed by atoms with E-state index in [4.69, 9.17) is 24.3 Å². The van der Waals surface area contributed by atoms with E-state index in [1.165, 1.54) is 218 Å². The van der Waals surface area contributed by atoms with Crippen molar-refractivity contribution in [2.45, 2.75) is 335 Å². The van der Waals surface area contributed by atoms with Gasteiger partial charge in [-0.25, -0.2) is 4.57 Å². The van der Waals surface area contributed by atoms with Gasteiger partial charge in [0.2, 0.25) is 0 Å². The zero-order chi connectivity index (χ0) is 56.6. The molecule has 2 atom stereocenters. The number of allylic oxidation sites excluding steroid dienone is 10. The fraction of sp³-hybridized carbons (Fsp3) is 0.824. The number of ether oxygens (including phenoxy) is 2. The topological polar surface area (TPSA) is 134 Å². The molecule has 10 heteroatoms. The van der Waals surface area contributed by atoms with E-state index in [-0.39, 0.29) is 38.6 Å². The van der Waals surface area contributed by atoms with Gasteiger partial charge in [-0.05, 0) is 77.0 Å². The summed E-state index contributed by atoms with van der Waals surface area (Å²) in [6, 6.07) is 0. The number of hydrogen-bond donors (Lipinski definition) is 2. The Bertz CT molecular complexity index is 1460. The Kier molecular flexibility index (Phi) is 62.0. The molecule has 3 N–H and O–H groups in total. The first-order valence-corrected chi connectivity index (χ1v) is 34.8. The predicted molar refractivity (Wildman–Crippen MR) is 335 cm³/mol. The summed E-state index contributed by atoms with van der Waals surface area (Å²) in [6.07, 6.45) is 81.9. The lowest BCUT2D eigenvalue weighted by Crippen LogP contribution is -2.29. The second-order valence-electron chi connectivity index (χ2n) is 22.3. The summed E-state index contributed by atoms with van der Waals surface area (Å²) in [5, 5.41) is 0. The SMILES string of the molecule is CC/C=C\C/C=C\C/C=C\C/C=C\CCCCCCCCCCCCCCCCCCCCCCCCCCCCCCC(=O)OC(COC(=O)CCCCCCC/C=C\CCCCCCCCC)COP(=O)(O)OCCN. The predicted octanol–water partition coefficient (Wildman–Crippen LogP) is 21.5. The minimum absolute atomic E-state index is 0.0537. The third-order valence-electron chi connectivity index (χ3n) is 14.6. The van der Waals surface area contributed by atoms with E-state index in [9.17, 15) is 19.0 Å². The summed E-state index contributed by atoms with van der Waals surface area (Å²) < 4.78 is 33.1. The third kappa shape index (κ3) is 62.9. The fourth-order valence-electron chi connectivity index (χ4n) is 9.74. The standard InChI is InChI=1S/C68H126NO8P/c1-3-5-7-9-11-13-15-17-19-21-22-23-24-25-26-27-28-29-30-31-32-33-34-35-36-37-38-39-40-41-42-43-44-45-47-49-51-53-55-57-59-61-68(71)77-66(65-76-78(72,73)75-63-62-69)64-74-67(70)60-58-56-54-52-50-48-46-20-18-16-14-12-10-8-6-4-2/h5,7,11,13,17,19-20,22-23,46,66H,3-4,6,8-10,12,14-16,18,21,24-45,47-65,69H2,1-2H3,(H,72,73)/b7-5-,13-11-,19-17-,23-22-,46-20-. The first kappa shape index (κ1) is 75.7. The molecule has 0 spiro atoms. The summed E-state index contributed by atoms with van der Waals surface area (Å²) in [5.41, 5.74) is 5.39. The number of carbonyl (C=O) groups excluding carboxylic acids is 2. The number of hydrogen-bond acceptors (Lipinski definition) is 8. The molecular formula is C68H126NO8P. The number of esters is 2. The Morgan fingerprint density at radius 2 is 0.705 bits per heavy atom. The maximum Gasteiger partial charge on any atom is 0.472 e. The first-order chi connectivity index (χ1) is 38.3. The quantitative estimate of drug-likeness (QED) is 0.0264. The molecule has 0 amide bonds. The van der Waals surface area contributed by atoms with Crippen molar-refractivity contribution >= 4 is 19.8 Å². The molecule has 0 radical (unpaired) electrons. The molecule has 0 aromatic carbocycles. The van der Waals surface area contributed by atoms with Crippen LogP contribution in [0.3, 0.4) is 0 Å². The van der Waals surface area contributed by atoms with Gasteiger partial charge in [-0.3, -0.25) is 18.6 Å². The van der Waals surface area contributed by atoms with E-state index in [1.807, 2.05) is 0 Å². The van der Waals surface area contributed by atoms with Crippen molar-refractivity contribution in [2.24, 2.45) is 5.73 Å². The lowest BCUT2D eigenvalue weighted by Gasteiger charge is -2.19. The van der Waals surface area contributed by atoms with Crippen LogP contribution in [0.2, 0.25) is 0 Å². The number of rotatable bonds is 63. The Labute approximate surface area is 482 Å². The van der Waals surface area contributed by atoms with E-state index in [0.717, 1.165) is 77.0 Å². The highest BCUT2D eigenvalue weighted by molar-refractivity contribution is 7.47. The molecule has 0 aliphatic heterocycles. The van der Waals surface area contributed by atoms with Gasteiger partial charge >= 0.3 is 19.8 Å². The normalized spacial score (nSPS) is 13.3. The zero-order valence-corrected chi connectivity index (χ0v) is 52.1. The van der Waals surface area contributed by atoms with Crippen LogP contribution in [0.5, 0.6) is 0 Å². The van der Waals surface area contributed by atoms with E-state index in [0.29, 0.717) is 6.42 Å². The maximum absolute atomic E-state index is 12.7. The molecule has 0 aromatic rings. The average Bonchev–Trinajstić information content (AvgIpc) is 3.43. The van der Waals surface area contributed by atoms with Crippen LogP contribution in [0.4, 0.5) is 0 Å². The van der Waals surface area contributed by atoms with Gasteiger partial charge in [-0.15, -0.1) is 0 Å². The number of phosphoric ester groups is 1. The van der Waals surface area contributed by atoms with Crippen LogP contribution in [0.25, 0.3) is 0 Å². The maximum atomic E-state index is 12.7. The lowest BCUT2D eigenvalue weighted by molar-refractivity contribution is -0.161. The van der Waals surface area contributed by atoms with Gasteiger partial charge in [0, 0.05) is 19.4 Å². The van der Waals surface area contributed by atoms with Crippen molar-refractivity contribution in [3.63, 3.8) is 0 Å². The molecule has 0 saturated carbocycles. The third-order valence-corrected chi connectivity index (χ3v) is 15.6. The van der Waals surface area contributed by atoms with Crippen LogP contribution in [0.1, 0.15) is 328 Å². The summed E-state index contributed by atoms with van der Waals surface area (Å²) >= 11 is 0. The summed E-state index contributed by atoms with van der Waals surface area (Å²) in [6.45, 7) is 3.66.